The van der Waals surface area contributed by atoms with Gasteiger partial charge in [-0.25, -0.2) is 4.98 Å². The third-order valence-electron chi connectivity index (χ3n) is 4.75. The van der Waals surface area contributed by atoms with Crippen molar-refractivity contribution in [3.05, 3.63) is 51.5 Å². The van der Waals surface area contributed by atoms with Gasteiger partial charge in [0.25, 0.3) is 5.56 Å². The van der Waals surface area contributed by atoms with Gasteiger partial charge in [0.1, 0.15) is 11.2 Å². The molecule has 0 aliphatic carbocycles. The maximum atomic E-state index is 13.7. The van der Waals surface area contributed by atoms with Crippen LogP contribution < -0.4 is 10.5 Å². The third-order valence-corrected chi connectivity index (χ3v) is 4.94. The van der Waals surface area contributed by atoms with E-state index in [0.29, 0.717) is 5.69 Å². The summed E-state index contributed by atoms with van der Waals surface area (Å²) < 4.78 is 43.9. The van der Waals surface area contributed by atoms with Gasteiger partial charge in [-0.05, 0) is 12.5 Å². The molecule has 0 N–H and O–H groups in total. The summed E-state index contributed by atoms with van der Waals surface area (Å²) in [5.41, 5.74) is 0.816. The van der Waals surface area contributed by atoms with Gasteiger partial charge >= 0.3 is 6.18 Å². The van der Waals surface area contributed by atoms with E-state index < -0.39 is 17.8 Å². The Kier molecular flexibility index (Phi) is 4.14. The first kappa shape index (κ1) is 17.8. The second-order valence-electron chi connectivity index (χ2n) is 6.43. The Balaban J connectivity index is 1.86. The molecule has 2 aromatic heterocycles. The molecular formula is C17H15ClF3N5O. The van der Waals surface area contributed by atoms with E-state index in [1.54, 1.807) is 17.8 Å². The van der Waals surface area contributed by atoms with Gasteiger partial charge in [0.2, 0.25) is 5.95 Å². The van der Waals surface area contributed by atoms with Crippen molar-refractivity contribution >= 4 is 28.5 Å². The molecule has 3 aromatic rings. The first-order chi connectivity index (χ1) is 12.8. The number of rotatable bonds is 2. The minimum atomic E-state index is -4.48. The van der Waals surface area contributed by atoms with Gasteiger partial charge in [0, 0.05) is 25.0 Å². The Labute approximate surface area is 156 Å². The van der Waals surface area contributed by atoms with Crippen LogP contribution in [0.4, 0.5) is 19.1 Å². The Morgan fingerprint density at radius 3 is 2.78 bits per heavy atom. The summed E-state index contributed by atoms with van der Waals surface area (Å²) in [6, 6.07) is 6.62. The highest BCUT2D eigenvalue weighted by Crippen LogP contribution is 2.35. The highest BCUT2D eigenvalue weighted by Gasteiger charge is 2.47. The van der Waals surface area contributed by atoms with Gasteiger partial charge in [-0.2, -0.15) is 18.3 Å². The number of hydrogen-bond donors (Lipinski definition) is 0. The number of hydrogen-bond acceptors (Lipinski definition) is 4. The molecule has 0 radical (unpaired) electrons. The largest absolute Gasteiger partial charge is 0.408 e. The number of aromatic nitrogens is 4. The van der Waals surface area contributed by atoms with E-state index in [1.807, 2.05) is 18.2 Å². The molecule has 6 nitrogen and oxygen atoms in total. The topological polar surface area (TPSA) is 56.0 Å². The summed E-state index contributed by atoms with van der Waals surface area (Å²) in [7, 11) is 1.73. The first-order valence-electron chi connectivity index (χ1n) is 8.27. The van der Waals surface area contributed by atoms with Crippen LogP contribution in [0.5, 0.6) is 0 Å². The van der Waals surface area contributed by atoms with Crippen molar-refractivity contribution in [2.24, 2.45) is 7.05 Å². The van der Waals surface area contributed by atoms with Gasteiger partial charge in [-0.15, -0.1) is 0 Å². The van der Waals surface area contributed by atoms with Crippen LogP contribution in [-0.4, -0.2) is 31.5 Å². The van der Waals surface area contributed by atoms with Crippen LogP contribution in [0.3, 0.4) is 0 Å². The van der Waals surface area contributed by atoms with Crippen molar-refractivity contribution in [1.29, 1.82) is 0 Å². The number of fused-ring (bicyclic) bond motifs is 2. The Morgan fingerprint density at radius 2 is 2.04 bits per heavy atom. The second-order valence-corrected chi connectivity index (χ2v) is 6.82. The van der Waals surface area contributed by atoms with Crippen molar-refractivity contribution in [2.45, 2.75) is 31.7 Å². The summed E-state index contributed by atoms with van der Waals surface area (Å²) in [5.74, 6) is -0.0872. The summed E-state index contributed by atoms with van der Waals surface area (Å²) in [5, 5.41) is 5.00. The van der Waals surface area contributed by atoms with Crippen LogP contribution in [0, 0.1) is 0 Å². The van der Waals surface area contributed by atoms with Crippen LogP contribution in [0.25, 0.3) is 10.9 Å². The zero-order valence-electron chi connectivity index (χ0n) is 14.2. The standard InChI is InChI=1S/C17H15ClF3N5O/c1-24-12-5-3-2-4-10(12)11(23-24)9-26-13(17(19,20)21)6-7-25-15(27)8-14(18)22-16(25)26/h2-5,8,13H,6-7,9H2,1H3. The normalized spacial score (nSPS) is 17.4. The van der Waals surface area contributed by atoms with E-state index in [1.165, 1.54) is 4.57 Å². The molecule has 1 aromatic carbocycles. The molecule has 1 aliphatic rings. The lowest BCUT2D eigenvalue weighted by molar-refractivity contribution is -0.153. The lowest BCUT2D eigenvalue weighted by Crippen LogP contribution is -2.52. The predicted octanol–water partition coefficient (Wildman–Crippen LogP) is 3.12. The van der Waals surface area contributed by atoms with Crippen molar-refractivity contribution in [1.82, 2.24) is 19.3 Å². The predicted molar refractivity (Wildman–Crippen MR) is 94.9 cm³/mol. The lowest BCUT2D eigenvalue weighted by atomic mass is 10.1. The van der Waals surface area contributed by atoms with Gasteiger partial charge in [-0.1, -0.05) is 29.8 Å². The van der Waals surface area contributed by atoms with Gasteiger partial charge in [0.05, 0.1) is 17.8 Å². The third kappa shape index (κ3) is 3.05. The average molecular weight is 398 g/mol. The molecule has 0 amide bonds. The van der Waals surface area contributed by atoms with Crippen LogP contribution in [-0.2, 0) is 20.1 Å². The summed E-state index contributed by atoms with van der Waals surface area (Å²) in [4.78, 5) is 17.3. The van der Waals surface area contributed by atoms with Crippen LogP contribution >= 0.6 is 11.6 Å². The van der Waals surface area contributed by atoms with Crippen molar-refractivity contribution in [3.63, 3.8) is 0 Å². The number of aryl methyl sites for hydroxylation is 1. The number of anilines is 1. The summed E-state index contributed by atoms with van der Waals surface area (Å²) in [6.45, 7) is -0.208. The molecule has 4 rings (SSSR count). The van der Waals surface area contributed by atoms with Crippen LogP contribution in [0.1, 0.15) is 12.1 Å². The SMILES string of the molecule is Cn1nc(CN2c3nc(Cl)cc(=O)n3CCC2C(F)(F)F)c2ccccc21. The summed E-state index contributed by atoms with van der Waals surface area (Å²) in [6.07, 6.45) is -4.72. The minimum Gasteiger partial charge on any atom is -0.324 e. The Morgan fingerprint density at radius 1 is 1.30 bits per heavy atom. The molecule has 0 saturated carbocycles. The minimum absolute atomic E-state index is 0.0675. The zero-order valence-corrected chi connectivity index (χ0v) is 15.0. The smallest absolute Gasteiger partial charge is 0.324 e. The van der Waals surface area contributed by atoms with E-state index in [0.717, 1.165) is 21.9 Å². The van der Waals surface area contributed by atoms with E-state index in [2.05, 4.69) is 10.1 Å². The first-order valence-corrected chi connectivity index (χ1v) is 8.65. The van der Waals surface area contributed by atoms with Crippen molar-refractivity contribution in [2.75, 3.05) is 4.90 Å². The molecule has 0 saturated heterocycles. The van der Waals surface area contributed by atoms with Crippen LogP contribution in [0.2, 0.25) is 5.15 Å². The zero-order chi connectivity index (χ0) is 19.3. The summed E-state index contributed by atoms with van der Waals surface area (Å²) >= 11 is 5.86. The van der Waals surface area contributed by atoms with E-state index in [4.69, 9.17) is 11.6 Å². The molecule has 1 atom stereocenters. The van der Waals surface area contributed by atoms with Gasteiger partial charge < -0.3 is 4.90 Å². The Hall–Kier alpha value is -2.55. The molecule has 3 heterocycles. The Bertz CT molecular complexity index is 1070. The maximum Gasteiger partial charge on any atom is 0.408 e. The number of benzene rings is 1. The highest BCUT2D eigenvalue weighted by atomic mass is 35.5. The molecular weight excluding hydrogens is 383 g/mol. The molecule has 142 valence electrons. The fourth-order valence-electron chi connectivity index (χ4n) is 3.53. The lowest BCUT2D eigenvalue weighted by Gasteiger charge is -2.38. The number of halogens is 4. The van der Waals surface area contributed by atoms with Crippen molar-refractivity contribution < 1.29 is 13.2 Å². The molecule has 0 bridgehead atoms. The maximum absolute atomic E-state index is 13.7. The van der Waals surface area contributed by atoms with E-state index in [-0.39, 0.29) is 30.6 Å². The van der Waals surface area contributed by atoms with Crippen LogP contribution in [0.15, 0.2) is 35.1 Å². The number of para-hydroxylation sites is 1. The highest BCUT2D eigenvalue weighted by molar-refractivity contribution is 6.29. The average Bonchev–Trinajstić information content (AvgIpc) is 2.91. The molecule has 0 fully saturated rings. The number of alkyl halides is 3. The molecule has 10 heteroatoms. The second kappa shape index (κ2) is 6.26. The molecule has 0 spiro atoms. The van der Waals surface area contributed by atoms with E-state index in [9.17, 15) is 18.0 Å². The molecule has 1 aliphatic heterocycles. The fourth-order valence-corrected chi connectivity index (χ4v) is 3.70. The van der Waals surface area contributed by atoms with Gasteiger partial charge in [-0.3, -0.25) is 14.0 Å². The molecule has 1 unspecified atom stereocenters. The van der Waals surface area contributed by atoms with Crippen molar-refractivity contribution in [3.8, 4) is 0 Å². The number of nitrogens with zero attached hydrogens (tertiary/aromatic N) is 5. The monoisotopic (exact) mass is 397 g/mol. The quantitative estimate of drug-likeness (QED) is 0.623. The van der Waals surface area contributed by atoms with E-state index >= 15 is 0 Å². The fraction of sp³-hybridized carbons (Fsp3) is 0.353. The molecule has 27 heavy (non-hydrogen) atoms. The van der Waals surface area contributed by atoms with Gasteiger partial charge in [0.15, 0.2) is 0 Å².